The van der Waals surface area contributed by atoms with Crippen molar-refractivity contribution in [2.24, 2.45) is 5.92 Å². The third-order valence-corrected chi connectivity index (χ3v) is 7.06. The van der Waals surface area contributed by atoms with Crippen LogP contribution in [0.3, 0.4) is 0 Å². The minimum absolute atomic E-state index is 0.0548. The third-order valence-electron chi connectivity index (χ3n) is 5.12. The first-order chi connectivity index (χ1) is 13.6. The molecule has 4 atom stereocenters. The van der Waals surface area contributed by atoms with E-state index in [2.05, 4.69) is 16.0 Å². The Morgan fingerprint density at radius 3 is 2.86 bits per heavy atom. The van der Waals surface area contributed by atoms with Crippen LogP contribution in [0.15, 0.2) is 23.1 Å². The lowest BCUT2D eigenvalue weighted by molar-refractivity contribution is -0.121. The fourth-order valence-corrected chi connectivity index (χ4v) is 5.31. The van der Waals surface area contributed by atoms with Gasteiger partial charge in [0.1, 0.15) is 17.6 Å². The van der Waals surface area contributed by atoms with Crippen molar-refractivity contribution >= 4 is 27.6 Å². The van der Waals surface area contributed by atoms with E-state index in [0.29, 0.717) is 16.4 Å². The summed E-state index contributed by atoms with van der Waals surface area (Å²) in [7, 11) is -4.21. The number of nitrogens with zero attached hydrogens (tertiary/aromatic N) is 2. The molecule has 3 amide bonds. The van der Waals surface area contributed by atoms with Crippen LogP contribution >= 0.6 is 0 Å². The van der Waals surface area contributed by atoms with Crippen LogP contribution in [0.4, 0.5) is 14.9 Å². The van der Waals surface area contributed by atoms with Crippen LogP contribution in [0.1, 0.15) is 18.9 Å². The molecule has 2 aliphatic heterocycles. The molecule has 0 bridgehead atoms. The first kappa shape index (κ1) is 21.0. The van der Waals surface area contributed by atoms with E-state index >= 15 is 0 Å². The highest BCUT2D eigenvalue weighted by Gasteiger charge is 2.40. The zero-order valence-corrected chi connectivity index (χ0v) is 16.8. The summed E-state index contributed by atoms with van der Waals surface area (Å²) in [5, 5.41) is 16.8. The first-order valence-electron chi connectivity index (χ1n) is 9.15. The summed E-state index contributed by atoms with van der Waals surface area (Å²) in [4.78, 5) is 24.6. The summed E-state index contributed by atoms with van der Waals surface area (Å²) in [5.41, 5.74) is 0.610. The van der Waals surface area contributed by atoms with Gasteiger partial charge in [0.05, 0.1) is 23.7 Å². The number of amides is 3. The molecule has 3 rings (SSSR count). The van der Waals surface area contributed by atoms with Gasteiger partial charge in [-0.25, -0.2) is 21.9 Å². The third kappa shape index (κ3) is 4.04. The molecule has 0 saturated carbocycles. The van der Waals surface area contributed by atoms with Crippen molar-refractivity contribution in [2.45, 2.75) is 43.4 Å². The van der Waals surface area contributed by atoms with Gasteiger partial charge in [0, 0.05) is 12.6 Å². The van der Waals surface area contributed by atoms with E-state index in [1.54, 1.807) is 26.0 Å². The molecule has 2 heterocycles. The highest BCUT2D eigenvalue weighted by Crippen LogP contribution is 2.32. The van der Waals surface area contributed by atoms with E-state index in [1.165, 1.54) is 6.07 Å². The molecule has 0 aromatic heterocycles. The Labute approximate surface area is 168 Å². The smallest absolute Gasteiger partial charge is 0.336 e. The lowest BCUT2D eigenvalue weighted by Crippen LogP contribution is -2.58. The van der Waals surface area contributed by atoms with E-state index in [1.807, 2.05) is 6.07 Å². The summed E-state index contributed by atoms with van der Waals surface area (Å²) in [6.07, 6.45) is -1.27. The molecule has 1 saturated heterocycles. The zero-order valence-electron chi connectivity index (χ0n) is 16.0. The average Bonchev–Trinajstić information content (AvgIpc) is 2.64. The number of benzene rings is 1. The van der Waals surface area contributed by atoms with E-state index in [9.17, 15) is 22.4 Å². The van der Waals surface area contributed by atoms with Crippen LogP contribution in [0.5, 0.6) is 0 Å². The second-order valence-electron chi connectivity index (χ2n) is 7.26. The maximum absolute atomic E-state index is 14.3. The van der Waals surface area contributed by atoms with Crippen molar-refractivity contribution in [1.29, 1.82) is 5.26 Å². The Hall–Kier alpha value is -2.71. The number of hydrogen-bond donors (Lipinski definition) is 3. The number of nitrogens with one attached hydrogen (secondary N) is 3. The molecule has 0 radical (unpaired) electrons. The topological polar surface area (TPSA) is 131 Å². The van der Waals surface area contributed by atoms with E-state index in [0.717, 1.165) is 0 Å². The van der Waals surface area contributed by atoms with E-state index < -0.39 is 52.7 Å². The van der Waals surface area contributed by atoms with Gasteiger partial charge in [-0.3, -0.25) is 4.79 Å². The molecule has 0 spiro atoms. The number of fused-ring (bicyclic) bond motifs is 1. The predicted molar refractivity (Wildman–Crippen MR) is 102 cm³/mol. The molecule has 11 heteroatoms. The molecule has 3 unspecified atom stereocenters. The molecule has 1 aromatic carbocycles. The standard InChI is InChI=1S/C18H22FN5O4S/c1-10-4-3-5-14-17(10)29(27,28)24(18(26)23-14)9-15(25)22-11(2)16-13(19)6-12(7-20)8-21-16/h3-5,11-13,16,21H,6,8-9H2,1-2H3,(H,22,25)(H,23,26)/t11-,12?,13?,16?/m0/s1. The van der Waals surface area contributed by atoms with Gasteiger partial charge in [-0.05, 0) is 31.9 Å². The van der Waals surface area contributed by atoms with Gasteiger partial charge in [-0.15, -0.1) is 0 Å². The van der Waals surface area contributed by atoms with Crippen LogP contribution in [-0.4, -0.2) is 56.0 Å². The van der Waals surface area contributed by atoms with Crippen LogP contribution < -0.4 is 16.0 Å². The van der Waals surface area contributed by atoms with Gasteiger partial charge < -0.3 is 16.0 Å². The molecule has 9 nitrogen and oxygen atoms in total. The van der Waals surface area contributed by atoms with Crippen molar-refractivity contribution in [3.8, 4) is 6.07 Å². The van der Waals surface area contributed by atoms with E-state index in [4.69, 9.17) is 5.26 Å². The molecule has 29 heavy (non-hydrogen) atoms. The van der Waals surface area contributed by atoms with Gasteiger partial charge in [-0.1, -0.05) is 12.1 Å². The lowest BCUT2D eigenvalue weighted by atomic mass is 9.90. The van der Waals surface area contributed by atoms with Crippen LogP contribution in [0.25, 0.3) is 0 Å². The Bertz CT molecular complexity index is 977. The quantitative estimate of drug-likeness (QED) is 0.659. The van der Waals surface area contributed by atoms with Crippen molar-refractivity contribution in [1.82, 2.24) is 14.9 Å². The maximum Gasteiger partial charge on any atom is 0.336 e. The maximum atomic E-state index is 14.3. The van der Waals surface area contributed by atoms with Crippen molar-refractivity contribution in [2.75, 3.05) is 18.4 Å². The first-order valence-corrected chi connectivity index (χ1v) is 10.6. The number of nitriles is 1. The number of anilines is 1. The number of hydrogen-bond acceptors (Lipinski definition) is 6. The average molecular weight is 423 g/mol. The largest absolute Gasteiger partial charge is 0.350 e. The molecule has 0 aliphatic carbocycles. The molecule has 3 N–H and O–H groups in total. The van der Waals surface area contributed by atoms with E-state index in [-0.39, 0.29) is 17.0 Å². The van der Waals surface area contributed by atoms with Gasteiger partial charge in [0.15, 0.2) is 0 Å². The number of carbonyl (C=O) groups is 2. The minimum Gasteiger partial charge on any atom is -0.350 e. The minimum atomic E-state index is -4.21. The summed E-state index contributed by atoms with van der Waals surface area (Å²) >= 11 is 0. The number of sulfonamides is 1. The second-order valence-corrected chi connectivity index (χ2v) is 9.06. The molecule has 156 valence electrons. The van der Waals surface area contributed by atoms with Gasteiger partial charge in [0.25, 0.3) is 10.0 Å². The Morgan fingerprint density at radius 1 is 1.48 bits per heavy atom. The number of alkyl halides is 1. The van der Waals surface area contributed by atoms with Gasteiger partial charge >= 0.3 is 6.03 Å². The van der Waals surface area contributed by atoms with Crippen LogP contribution in [-0.2, 0) is 14.8 Å². The fraction of sp³-hybridized carbons (Fsp3) is 0.500. The second kappa shape index (κ2) is 7.96. The molecular weight excluding hydrogens is 401 g/mol. The van der Waals surface area contributed by atoms with Gasteiger partial charge in [-0.2, -0.15) is 5.26 Å². The summed E-state index contributed by atoms with van der Waals surface area (Å²) in [5.74, 6) is -1.17. The number of rotatable bonds is 4. The summed E-state index contributed by atoms with van der Waals surface area (Å²) in [6, 6.07) is 4.39. The molecule has 1 aromatic rings. The Kier molecular flexibility index (Phi) is 5.77. The Morgan fingerprint density at radius 2 is 2.21 bits per heavy atom. The Balaban J connectivity index is 1.70. The number of aryl methyl sites for hydroxylation is 1. The number of carbonyl (C=O) groups excluding carboxylic acids is 2. The molecular formula is C18H22FN5O4S. The molecule has 2 aliphatic rings. The summed E-state index contributed by atoms with van der Waals surface area (Å²) in [6.45, 7) is 2.76. The number of halogens is 1. The van der Waals surface area contributed by atoms with Crippen molar-refractivity contribution < 1.29 is 22.4 Å². The monoisotopic (exact) mass is 423 g/mol. The lowest BCUT2D eigenvalue weighted by Gasteiger charge is -2.35. The number of urea groups is 1. The predicted octanol–water partition coefficient (Wildman–Crippen LogP) is 0.876. The van der Waals surface area contributed by atoms with Crippen molar-refractivity contribution in [3.05, 3.63) is 23.8 Å². The highest BCUT2D eigenvalue weighted by molar-refractivity contribution is 7.90. The van der Waals surface area contributed by atoms with Gasteiger partial charge in [0.2, 0.25) is 5.91 Å². The normalized spacial score (nSPS) is 26.6. The van der Waals surface area contributed by atoms with Crippen LogP contribution in [0.2, 0.25) is 0 Å². The SMILES string of the molecule is Cc1cccc2c1S(=O)(=O)N(CC(=O)N[C@@H](C)C1NCC(C#N)CC1F)C(=O)N2. The fourth-order valence-electron chi connectivity index (χ4n) is 3.66. The van der Waals surface area contributed by atoms with Crippen molar-refractivity contribution in [3.63, 3.8) is 0 Å². The summed E-state index contributed by atoms with van der Waals surface area (Å²) < 4.78 is 40.5. The number of piperidine rings is 1. The zero-order chi connectivity index (χ0) is 21.3. The molecule has 1 fully saturated rings. The highest BCUT2D eigenvalue weighted by atomic mass is 32.2. The van der Waals surface area contributed by atoms with Crippen LogP contribution in [0, 0.1) is 24.2 Å².